The second-order valence-corrected chi connectivity index (χ2v) is 4.41. The fourth-order valence-corrected chi connectivity index (χ4v) is 1.65. The van der Waals surface area contributed by atoms with E-state index in [4.69, 9.17) is 5.26 Å². The van der Waals surface area contributed by atoms with Crippen molar-refractivity contribution in [2.45, 2.75) is 26.1 Å². The van der Waals surface area contributed by atoms with Crippen LogP contribution in [0, 0.1) is 11.3 Å². The summed E-state index contributed by atoms with van der Waals surface area (Å²) in [5.74, 6) is 0. The van der Waals surface area contributed by atoms with Crippen LogP contribution in [0.1, 0.15) is 24.5 Å². The Morgan fingerprint density at radius 3 is 2.43 bits per heavy atom. The molecule has 1 aromatic carbocycles. The lowest BCUT2D eigenvalue weighted by atomic mass is 10.1. The zero-order valence-corrected chi connectivity index (χ0v) is 11.6. The molecule has 0 atom stereocenters. The van der Waals surface area contributed by atoms with Gasteiger partial charge in [-0.3, -0.25) is 0 Å². The molecule has 0 saturated heterocycles. The van der Waals surface area contributed by atoms with Crippen molar-refractivity contribution < 1.29 is 18.0 Å². The van der Waals surface area contributed by atoms with Gasteiger partial charge in [0, 0.05) is 19.6 Å². The summed E-state index contributed by atoms with van der Waals surface area (Å²) >= 11 is 0. The highest BCUT2D eigenvalue weighted by Crippen LogP contribution is 2.19. The minimum Gasteiger partial charge on any atom is -0.334 e. The number of urea groups is 1. The quantitative estimate of drug-likeness (QED) is 0.908. The molecular formula is C14H16F3N3O. The SMILES string of the molecule is CCN(CCC(F)(F)F)C(=O)NCc1ccc(C#N)cc1. The van der Waals surface area contributed by atoms with Crippen LogP contribution in [0.5, 0.6) is 0 Å². The largest absolute Gasteiger partial charge is 0.390 e. The summed E-state index contributed by atoms with van der Waals surface area (Å²) in [5, 5.41) is 11.2. The first kappa shape index (κ1) is 16.8. The fourth-order valence-electron chi connectivity index (χ4n) is 1.65. The maximum atomic E-state index is 12.2. The molecule has 0 bridgehead atoms. The number of alkyl halides is 3. The average Bonchev–Trinajstić information content (AvgIpc) is 2.45. The summed E-state index contributed by atoms with van der Waals surface area (Å²) in [7, 11) is 0. The Balaban J connectivity index is 2.48. The summed E-state index contributed by atoms with van der Waals surface area (Å²) in [6.07, 6.45) is -5.30. The van der Waals surface area contributed by atoms with Gasteiger partial charge in [0.1, 0.15) is 0 Å². The van der Waals surface area contributed by atoms with E-state index in [9.17, 15) is 18.0 Å². The molecule has 0 aromatic heterocycles. The number of halogens is 3. The van der Waals surface area contributed by atoms with Crippen molar-refractivity contribution in [3.8, 4) is 6.07 Å². The molecule has 0 fully saturated rings. The lowest BCUT2D eigenvalue weighted by molar-refractivity contribution is -0.136. The van der Waals surface area contributed by atoms with E-state index < -0.39 is 18.6 Å². The Kier molecular flexibility index (Phi) is 6.03. The Bertz CT molecular complexity index is 506. The molecule has 1 aromatic rings. The number of rotatable bonds is 5. The summed E-state index contributed by atoms with van der Waals surface area (Å²) in [6, 6.07) is 8.04. The number of hydrogen-bond donors (Lipinski definition) is 1. The van der Waals surface area contributed by atoms with Crippen molar-refractivity contribution in [1.82, 2.24) is 10.2 Å². The minimum absolute atomic E-state index is 0.201. The molecular weight excluding hydrogens is 283 g/mol. The van der Waals surface area contributed by atoms with Gasteiger partial charge >= 0.3 is 12.2 Å². The molecule has 1 N–H and O–H groups in total. The third kappa shape index (κ3) is 6.17. The predicted molar refractivity (Wildman–Crippen MR) is 71.3 cm³/mol. The molecule has 21 heavy (non-hydrogen) atoms. The Hall–Kier alpha value is -2.23. The van der Waals surface area contributed by atoms with E-state index in [1.165, 1.54) is 0 Å². The smallest absolute Gasteiger partial charge is 0.334 e. The van der Waals surface area contributed by atoms with Crippen LogP contribution in [0.4, 0.5) is 18.0 Å². The fraction of sp³-hybridized carbons (Fsp3) is 0.429. The maximum absolute atomic E-state index is 12.2. The highest BCUT2D eigenvalue weighted by atomic mass is 19.4. The van der Waals surface area contributed by atoms with Crippen molar-refractivity contribution in [2.24, 2.45) is 0 Å². The van der Waals surface area contributed by atoms with E-state index in [0.717, 1.165) is 10.5 Å². The van der Waals surface area contributed by atoms with Gasteiger partial charge in [-0.25, -0.2) is 4.79 Å². The first-order chi connectivity index (χ1) is 9.85. The topological polar surface area (TPSA) is 56.1 Å². The summed E-state index contributed by atoms with van der Waals surface area (Å²) in [4.78, 5) is 12.9. The molecule has 1 rings (SSSR count). The van der Waals surface area contributed by atoms with Crippen LogP contribution in [-0.4, -0.2) is 30.2 Å². The van der Waals surface area contributed by atoms with Crippen molar-refractivity contribution >= 4 is 6.03 Å². The van der Waals surface area contributed by atoms with Crippen molar-refractivity contribution in [3.63, 3.8) is 0 Å². The maximum Gasteiger partial charge on any atom is 0.390 e. The van der Waals surface area contributed by atoms with E-state index in [0.29, 0.717) is 5.56 Å². The number of carbonyl (C=O) groups excluding carboxylic acids is 1. The van der Waals surface area contributed by atoms with Gasteiger partial charge in [0.05, 0.1) is 18.1 Å². The van der Waals surface area contributed by atoms with Gasteiger partial charge in [-0.05, 0) is 24.6 Å². The second-order valence-electron chi connectivity index (χ2n) is 4.41. The average molecular weight is 299 g/mol. The normalized spacial score (nSPS) is 10.8. The highest BCUT2D eigenvalue weighted by Gasteiger charge is 2.28. The van der Waals surface area contributed by atoms with Gasteiger partial charge in [-0.1, -0.05) is 12.1 Å². The minimum atomic E-state index is -4.28. The molecule has 0 saturated carbocycles. The molecule has 0 unspecified atom stereocenters. The summed E-state index contributed by atoms with van der Waals surface area (Å²) in [5.41, 5.74) is 1.28. The molecule has 0 heterocycles. The van der Waals surface area contributed by atoms with Crippen LogP contribution in [0.25, 0.3) is 0 Å². The van der Waals surface area contributed by atoms with Crippen LogP contribution in [-0.2, 0) is 6.54 Å². The monoisotopic (exact) mass is 299 g/mol. The number of carbonyl (C=O) groups is 1. The Labute approximate surface area is 121 Å². The number of benzene rings is 1. The van der Waals surface area contributed by atoms with Gasteiger partial charge in [0.25, 0.3) is 0 Å². The van der Waals surface area contributed by atoms with Crippen molar-refractivity contribution in [2.75, 3.05) is 13.1 Å². The van der Waals surface area contributed by atoms with E-state index in [2.05, 4.69) is 5.32 Å². The number of nitrogens with zero attached hydrogens (tertiary/aromatic N) is 2. The van der Waals surface area contributed by atoms with Gasteiger partial charge in [0.15, 0.2) is 0 Å². The van der Waals surface area contributed by atoms with E-state index in [1.807, 2.05) is 6.07 Å². The van der Waals surface area contributed by atoms with Crippen molar-refractivity contribution in [3.05, 3.63) is 35.4 Å². The molecule has 2 amide bonds. The van der Waals surface area contributed by atoms with E-state index >= 15 is 0 Å². The van der Waals surface area contributed by atoms with Crippen LogP contribution in [0.15, 0.2) is 24.3 Å². The summed E-state index contributed by atoms with van der Waals surface area (Å²) < 4.78 is 36.5. The predicted octanol–water partition coefficient (Wildman–Crippen LogP) is 3.04. The van der Waals surface area contributed by atoms with Gasteiger partial charge in [0.2, 0.25) is 0 Å². The van der Waals surface area contributed by atoms with Crippen molar-refractivity contribution in [1.29, 1.82) is 5.26 Å². The number of nitriles is 1. The molecule has 114 valence electrons. The number of amides is 2. The first-order valence-electron chi connectivity index (χ1n) is 6.44. The van der Waals surface area contributed by atoms with Crippen LogP contribution < -0.4 is 5.32 Å². The zero-order valence-electron chi connectivity index (χ0n) is 11.6. The molecule has 0 aliphatic rings. The Morgan fingerprint density at radius 1 is 1.33 bits per heavy atom. The molecule has 0 radical (unpaired) electrons. The third-order valence-electron chi connectivity index (χ3n) is 2.86. The summed E-state index contributed by atoms with van der Waals surface area (Å²) in [6.45, 7) is 1.67. The number of hydrogen-bond acceptors (Lipinski definition) is 2. The Morgan fingerprint density at radius 2 is 1.95 bits per heavy atom. The second kappa shape index (κ2) is 7.53. The van der Waals surface area contributed by atoms with Gasteiger partial charge in [-0.2, -0.15) is 18.4 Å². The first-order valence-corrected chi connectivity index (χ1v) is 6.44. The molecule has 0 aliphatic heterocycles. The van der Waals surface area contributed by atoms with Gasteiger partial charge < -0.3 is 10.2 Å². The lowest BCUT2D eigenvalue weighted by Crippen LogP contribution is -2.41. The van der Waals surface area contributed by atoms with Crippen LogP contribution in [0.3, 0.4) is 0 Å². The standard InChI is InChI=1S/C14H16F3N3O/c1-2-20(8-7-14(15,16)17)13(21)19-10-12-5-3-11(9-18)4-6-12/h3-6H,2,7-8,10H2,1H3,(H,19,21). The highest BCUT2D eigenvalue weighted by molar-refractivity contribution is 5.74. The van der Waals surface area contributed by atoms with Gasteiger partial charge in [-0.15, -0.1) is 0 Å². The third-order valence-corrected chi connectivity index (χ3v) is 2.86. The molecule has 7 heteroatoms. The van der Waals surface area contributed by atoms with E-state index in [1.54, 1.807) is 31.2 Å². The van der Waals surface area contributed by atoms with Crippen LogP contribution in [0.2, 0.25) is 0 Å². The van der Waals surface area contributed by atoms with Crippen LogP contribution >= 0.6 is 0 Å². The zero-order chi connectivity index (χ0) is 15.9. The molecule has 0 spiro atoms. The van der Waals surface area contributed by atoms with E-state index in [-0.39, 0.29) is 19.6 Å². The molecule has 0 aliphatic carbocycles. The number of nitrogens with one attached hydrogen (secondary N) is 1. The lowest BCUT2D eigenvalue weighted by Gasteiger charge is -2.22. The molecule has 4 nitrogen and oxygen atoms in total.